The Kier molecular flexibility index (Phi) is 3.50. The third-order valence-corrected chi connectivity index (χ3v) is 4.04. The number of aryl methyl sites for hydroxylation is 1. The number of carbonyl (C=O) groups is 1. The number of hydrogen-bond acceptors (Lipinski definition) is 4. The fourth-order valence-electron chi connectivity index (χ4n) is 2.87. The van der Waals surface area contributed by atoms with Crippen LogP contribution in [0.25, 0.3) is 16.4 Å². The van der Waals surface area contributed by atoms with Crippen molar-refractivity contribution in [2.75, 3.05) is 0 Å². The maximum absolute atomic E-state index is 11.5. The monoisotopic (exact) mass is 330 g/mol. The average Bonchev–Trinajstić information content (AvgIpc) is 3.00. The van der Waals surface area contributed by atoms with Gasteiger partial charge in [0.1, 0.15) is 5.65 Å². The average molecular weight is 330 g/mol. The van der Waals surface area contributed by atoms with Crippen molar-refractivity contribution in [1.82, 2.24) is 9.38 Å². The minimum atomic E-state index is -1.13. The molecule has 0 atom stereocenters. The van der Waals surface area contributed by atoms with Gasteiger partial charge in [-0.1, -0.05) is 42.5 Å². The van der Waals surface area contributed by atoms with E-state index < -0.39 is 5.97 Å². The quantitative estimate of drug-likeness (QED) is 0.542. The summed E-state index contributed by atoms with van der Waals surface area (Å²) < 4.78 is 1.69. The highest BCUT2D eigenvalue weighted by Crippen LogP contribution is 2.29. The molecular weight excluding hydrogens is 316 g/mol. The van der Waals surface area contributed by atoms with E-state index in [1.54, 1.807) is 10.5 Å². The number of aromatic nitrogens is 2. The number of aromatic carboxylic acids is 1. The number of azo groups is 1. The van der Waals surface area contributed by atoms with Gasteiger partial charge in [-0.05, 0) is 30.5 Å². The molecule has 2 aromatic carbocycles. The highest BCUT2D eigenvalue weighted by Gasteiger charge is 2.19. The Hall–Kier alpha value is -3.54. The molecule has 6 nitrogen and oxygen atoms in total. The fraction of sp³-hybridized carbons (Fsp3) is 0.0526. The Balaban J connectivity index is 1.91. The lowest BCUT2D eigenvalue weighted by atomic mass is 10.1. The summed E-state index contributed by atoms with van der Waals surface area (Å²) in [5.74, 6) is -0.913. The van der Waals surface area contributed by atoms with E-state index in [1.807, 2.05) is 61.5 Å². The van der Waals surface area contributed by atoms with Crippen molar-refractivity contribution >= 4 is 33.9 Å². The number of carboxylic acid groups (broad SMARTS) is 1. The molecular formula is C19H14N4O2. The molecule has 0 amide bonds. The van der Waals surface area contributed by atoms with Crippen LogP contribution >= 0.6 is 0 Å². The third-order valence-electron chi connectivity index (χ3n) is 4.04. The van der Waals surface area contributed by atoms with Gasteiger partial charge in [0.25, 0.3) is 0 Å². The molecule has 2 aromatic heterocycles. The van der Waals surface area contributed by atoms with Gasteiger partial charge in [0.2, 0.25) is 0 Å². The molecule has 0 aliphatic carbocycles. The number of pyridine rings is 1. The first kappa shape index (κ1) is 15.0. The van der Waals surface area contributed by atoms with Crippen molar-refractivity contribution in [2.24, 2.45) is 10.2 Å². The van der Waals surface area contributed by atoms with E-state index in [0.29, 0.717) is 11.3 Å². The Morgan fingerprint density at radius 1 is 1.00 bits per heavy atom. The molecule has 0 aliphatic rings. The Morgan fingerprint density at radius 3 is 2.60 bits per heavy atom. The summed E-state index contributed by atoms with van der Waals surface area (Å²) in [5.41, 5.74) is 1.94. The SMILES string of the molecule is Cc1cccc2nc(C(=O)O)c(N=Nc3cccc4ccccc34)n12. The molecule has 0 fully saturated rings. The maximum atomic E-state index is 11.5. The van der Waals surface area contributed by atoms with Crippen LogP contribution in [0.15, 0.2) is 70.9 Å². The summed E-state index contributed by atoms with van der Waals surface area (Å²) in [7, 11) is 0. The van der Waals surface area contributed by atoms with E-state index >= 15 is 0 Å². The zero-order valence-electron chi connectivity index (χ0n) is 13.4. The predicted molar refractivity (Wildman–Crippen MR) is 95.0 cm³/mol. The summed E-state index contributed by atoms with van der Waals surface area (Å²) in [5, 5.41) is 20.0. The van der Waals surface area contributed by atoms with E-state index in [0.717, 1.165) is 16.5 Å². The van der Waals surface area contributed by atoms with Crippen LogP contribution < -0.4 is 0 Å². The summed E-state index contributed by atoms with van der Waals surface area (Å²) >= 11 is 0. The summed E-state index contributed by atoms with van der Waals surface area (Å²) in [4.78, 5) is 15.7. The zero-order valence-corrected chi connectivity index (χ0v) is 13.4. The van der Waals surface area contributed by atoms with Gasteiger partial charge in [-0.15, -0.1) is 10.2 Å². The van der Waals surface area contributed by atoms with Crippen molar-refractivity contribution in [3.63, 3.8) is 0 Å². The molecule has 122 valence electrons. The number of hydrogen-bond donors (Lipinski definition) is 1. The van der Waals surface area contributed by atoms with Gasteiger partial charge in [-0.25, -0.2) is 9.78 Å². The highest BCUT2D eigenvalue weighted by atomic mass is 16.4. The second kappa shape index (κ2) is 5.83. The van der Waals surface area contributed by atoms with Crippen molar-refractivity contribution < 1.29 is 9.90 Å². The van der Waals surface area contributed by atoms with E-state index in [1.165, 1.54) is 0 Å². The number of fused-ring (bicyclic) bond motifs is 2. The summed E-state index contributed by atoms with van der Waals surface area (Å²) in [6, 6.07) is 19.0. The van der Waals surface area contributed by atoms with Gasteiger partial charge in [0.15, 0.2) is 11.5 Å². The normalized spacial score (nSPS) is 11.6. The second-order valence-corrected chi connectivity index (χ2v) is 5.65. The molecule has 6 heteroatoms. The molecule has 0 spiro atoms. The first-order valence-electron chi connectivity index (χ1n) is 7.76. The van der Waals surface area contributed by atoms with Gasteiger partial charge in [0.05, 0.1) is 5.69 Å². The highest BCUT2D eigenvalue weighted by molar-refractivity contribution is 5.93. The predicted octanol–water partition coefficient (Wildman–Crippen LogP) is 4.91. The van der Waals surface area contributed by atoms with E-state index in [2.05, 4.69) is 15.2 Å². The minimum Gasteiger partial charge on any atom is -0.476 e. The second-order valence-electron chi connectivity index (χ2n) is 5.65. The molecule has 0 aliphatic heterocycles. The van der Waals surface area contributed by atoms with Crippen LogP contribution in [0.4, 0.5) is 11.5 Å². The lowest BCUT2D eigenvalue weighted by molar-refractivity contribution is 0.0692. The largest absolute Gasteiger partial charge is 0.476 e. The molecule has 4 aromatic rings. The standard InChI is InChI=1S/C19H14N4O2/c1-12-6-4-11-16-20-17(19(24)25)18(23(12)16)22-21-15-10-5-8-13-7-2-3-9-14(13)15/h2-11H,1H3,(H,24,25). The molecule has 0 unspecified atom stereocenters. The maximum Gasteiger partial charge on any atom is 0.358 e. The van der Waals surface area contributed by atoms with Crippen molar-refractivity contribution in [2.45, 2.75) is 6.92 Å². The van der Waals surface area contributed by atoms with Crippen LogP contribution in [0.1, 0.15) is 16.2 Å². The molecule has 0 bridgehead atoms. The lowest BCUT2D eigenvalue weighted by Crippen LogP contribution is -1.97. The van der Waals surface area contributed by atoms with Gasteiger partial charge in [-0.2, -0.15) is 0 Å². The molecule has 2 heterocycles. The molecule has 25 heavy (non-hydrogen) atoms. The van der Waals surface area contributed by atoms with E-state index in [4.69, 9.17) is 0 Å². The smallest absolute Gasteiger partial charge is 0.358 e. The Morgan fingerprint density at radius 2 is 1.76 bits per heavy atom. The molecule has 1 N–H and O–H groups in total. The number of benzene rings is 2. The first-order valence-corrected chi connectivity index (χ1v) is 7.76. The zero-order chi connectivity index (χ0) is 17.4. The van der Waals surface area contributed by atoms with Gasteiger partial charge in [-0.3, -0.25) is 4.40 Å². The number of nitrogens with zero attached hydrogens (tertiary/aromatic N) is 4. The number of imidazole rings is 1. The van der Waals surface area contributed by atoms with Crippen molar-refractivity contribution in [1.29, 1.82) is 0 Å². The number of rotatable bonds is 3. The van der Waals surface area contributed by atoms with Gasteiger partial charge >= 0.3 is 5.97 Å². The van der Waals surface area contributed by atoms with E-state index in [9.17, 15) is 9.90 Å². The van der Waals surface area contributed by atoms with Crippen LogP contribution in [0.5, 0.6) is 0 Å². The van der Waals surface area contributed by atoms with Crippen molar-refractivity contribution in [3.05, 3.63) is 72.1 Å². The minimum absolute atomic E-state index is 0.113. The molecule has 0 radical (unpaired) electrons. The van der Waals surface area contributed by atoms with Crippen LogP contribution in [0.3, 0.4) is 0 Å². The van der Waals surface area contributed by atoms with Gasteiger partial charge < -0.3 is 5.11 Å². The van der Waals surface area contributed by atoms with Crippen LogP contribution in [0.2, 0.25) is 0 Å². The lowest BCUT2D eigenvalue weighted by Gasteiger charge is -2.02. The Labute approximate surface area is 143 Å². The topological polar surface area (TPSA) is 79.3 Å². The van der Waals surface area contributed by atoms with Crippen LogP contribution in [0, 0.1) is 6.92 Å². The number of carboxylic acids is 1. The third kappa shape index (κ3) is 2.53. The molecule has 0 saturated carbocycles. The molecule has 0 saturated heterocycles. The molecule has 4 rings (SSSR count). The van der Waals surface area contributed by atoms with E-state index in [-0.39, 0.29) is 11.5 Å². The van der Waals surface area contributed by atoms with Crippen LogP contribution in [-0.4, -0.2) is 20.5 Å². The summed E-state index contributed by atoms with van der Waals surface area (Å²) in [6.07, 6.45) is 0. The fourth-order valence-corrected chi connectivity index (χ4v) is 2.87. The Bertz CT molecular complexity index is 1140. The van der Waals surface area contributed by atoms with Crippen molar-refractivity contribution in [3.8, 4) is 0 Å². The summed E-state index contributed by atoms with van der Waals surface area (Å²) in [6.45, 7) is 1.87. The van der Waals surface area contributed by atoms with Crippen LogP contribution in [-0.2, 0) is 0 Å². The van der Waals surface area contributed by atoms with Gasteiger partial charge in [0, 0.05) is 11.1 Å². The first-order chi connectivity index (χ1) is 12.1.